The normalized spacial score (nSPS) is 12.1. The van der Waals surface area contributed by atoms with Crippen LogP contribution in [0, 0.1) is 0 Å². The summed E-state index contributed by atoms with van der Waals surface area (Å²) in [5, 5.41) is 7.70. The van der Waals surface area contributed by atoms with Crippen molar-refractivity contribution in [3.05, 3.63) is 58.6 Å². The molecule has 0 bridgehead atoms. The minimum absolute atomic E-state index is 0.214. The molecule has 4 rings (SSSR count). The first-order valence-electron chi connectivity index (χ1n) is 8.12. The Labute approximate surface area is 159 Å². The number of carbonyl (C=O) groups excluding carboxylic acids is 1. The molecule has 0 amide bonds. The van der Waals surface area contributed by atoms with Crippen molar-refractivity contribution >= 4 is 23.5 Å². The predicted octanol–water partition coefficient (Wildman–Crippen LogP) is 4.12. The highest BCUT2D eigenvalue weighted by molar-refractivity contribution is 6.30. The van der Waals surface area contributed by atoms with Gasteiger partial charge in [-0.2, -0.15) is 0 Å². The lowest BCUT2D eigenvalue weighted by atomic mass is 10.1. The maximum Gasteiger partial charge on any atom is 0.345 e. The fourth-order valence-corrected chi connectivity index (χ4v) is 2.87. The van der Waals surface area contributed by atoms with Crippen LogP contribution in [0.15, 0.2) is 47.0 Å². The van der Waals surface area contributed by atoms with Gasteiger partial charge in [-0.25, -0.2) is 4.79 Å². The Morgan fingerprint density at radius 2 is 1.96 bits per heavy atom. The van der Waals surface area contributed by atoms with Crippen LogP contribution in [-0.4, -0.2) is 25.0 Å². The van der Waals surface area contributed by atoms with Crippen LogP contribution in [0.1, 0.15) is 15.9 Å². The molecule has 2 aromatic carbocycles. The molecule has 0 unspecified atom stereocenters. The van der Waals surface area contributed by atoms with Gasteiger partial charge < -0.3 is 24.1 Å². The third-order valence-corrected chi connectivity index (χ3v) is 4.34. The number of nitrogens with one attached hydrogen (secondary N) is 1. The highest BCUT2D eigenvalue weighted by Gasteiger charge is 2.25. The van der Waals surface area contributed by atoms with Gasteiger partial charge in [0.05, 0.1) is 7.11 Å². The van der Waals surface area contributed by atoms with E-state index in [1.807, 2.05) is 18.2 Å². The van der Waals surface area contributed by atoms with Crippen LogP contribution < -0.4 is 14.8 Å². The van der Waals surface area contributed by atoms with Gasteiger partial charge >= 0.3 is 5.97 Å². The van der Waals surface area contributed by atoms with Gasteiger partial charge in [-0.1, -0.05) is 35.0 Å². The van der Waals surface area contributed by atoms with E-state index in [1.54, 1.807) is 24.3 Å². The fourth-order valence-electron chi connectivity index (χ4n) is 2.74. The predicted molar refractivity (Wildman–Crippen MR) is 98.2 cm³/mol. The molecule has 1 N–H and O–H groups in total. The first kappa shape index (κ1) is 17.2. The van der Waals surface area contributed by atoms with E-state index in [0.717, 1.165) is 5.56 Å². The summed E-state index contributed by atoms with van der Waals surface area (Å²) in [6.45, 7) is 0.612. The number of hydrogen-bond acceptors (Lipinski definition) is 7. The van der Waals surface area contributed by atoms with Crippen molar-refractivity contribution in [2.75, 3.05) is 19.2 Å². The lowest BCUT2D eigenvalue weighted by molar-refractivity contribution is 0.0602. The second-order valence-corrected chi connectivity index (χ2v) is 6.21. The number of rotatable bonds is 5. The van der Waals surface area contributed by atoms with Crippen molar-refractivity contribution in [1.29, 1.82) is 0 Å². The molecule has 1 aliphatic rings. The Morgan fingerprint density at radius 1 is 1.19 bits per heavy atom. The molecule has 0 spiro atoms. The largest absolute Gasteiger partial charge is 0.465 e. The molecule has 7 nitrogen and oxygen atoms in total. The maximum atomic E-state index is 12.3. The lowest BCUT2D eigenvalue weighted by Gasteiger charge is -2.06. The third-order valence-electron chi connectivity index (χ3n) is 4.09. The van der Waals surface area contributed by atoms with Crippen LogP contribution in [0.5, 0.6) is 11.5 Å². The number of halogens is 1. The monoisotopic (exact) mass is 386 g/mol. The average molecular weight is 387 g/mol. The Morgan fingerprint density at radius 3 is 2.74 bits per heavy atom. The number of benzene rings is 2. The van der Waals surface area contributed by atoms with E-state index in [-0.39, 0.29) is 18.2 Å². The van der Waals surface area contributed by atoms with Gasteiger partial charge in [-0.05, 0) is 29.8 Å². The number of fused-ring (bicyclic) bond motifs is 1. The zero-order valence-corrected chi connectivity index (χ0v) is 15.1. The van der Waals surface area contributed by atoms with Crippen LogP contribution in [0.25, 0.3) is 11.3 Å². The number of ether oxygens (including phenoxy) is 3. The molecule has 1 aromatic heterocycles. The Bertz CT molecular complexity index is 984. The molecular weight excluding hydrogens is 372 g/mol. The molecule has 2 heterocycles. The molecule has 3 aromatic rings. The highest BCUT2D eigenvalue weighted by Crippen LogP contribution is 2.34. The van der Waals surface area contributed by atoms with Gasteiger partial charge in [0.2, 0.25) is 12.7 Å². The van der Waals surface area contributed by atoms with Gasteiger partial charge in [0.25, 0.3) is 0 Å². The summed E-state index contributed by atoms with van der Waals surface area (Å²) < 4.78 is 20.9. The standard InChI is InChI=1S/C19H15ClN2O5/c1-24-19(23)16-17(12-3-5-13(20)6-4-12)22-27-18(16)21-9-11-2-7-14-15(8-11)26-10-25-14/h2-8,21H,9-10H2,1H3. The van der Waals surface area contributed by atoms with E-state index >= 15 is 0 Å². The van der Waals surface area contributed by atoms with Crippen molar-refractivity contribution in [3.63, 3.8) is 0 Å². The van der Waals surface area contributed by atoms with Crippen LogP contribution >= 0.6 is 11.6 Å². The van der Waals surface area contributed by atoms with Gasteiger partial charge in [-0.15, -0.1) is 0 Å². The number of hydrogen-bond donors (Lipinski definition) is 1. The fraction of sp³-hybridized carbons (Fsp3) is 0.158. The molecule has 0 fully saturated rings. The van der Waals surface area contributed by atoms with Crippen LogP contribution in [-0.2, 0) is 11.3 Å². The number of aromatic nitrogens is 1. The number of methoxy groups -OCH3 is 1. The molecular formula is C19H15ClN2O5. The van der Waals surface area contributed by atoms with Crippen molar-refractivity contribution in [2.24, 2.45) is 0 Å². The third kappa shape index (κ3) is 3.41. The van der Waals surface area contributed by atoms with E-state index in [1.165, 1.54) is 7.11 Å². The second kappa shape index (κ2) is 7.20. The van der Waals surface area contributed by atoms with Crippen molar-refractivity contribution in [3.8, 4) is 22.8 Å². The summed E-state index contributed by atoms with van der Waals surface area (Å²) in [4.78, 5) is 12.3. The average Bonchev–Trinajstić information content (AvgIpc) is 3.32. The van der Waals surface area contributed by atoms with E-state index < -0.39 is 5.97 Å². The number of esters is 1. The summed E-state index contributed by atoms with van der Waals surface area (Å²) in [5.74, 6) is 1.07. The summed E-state index contributed by atoms with van der Waals surface area (Å²) in [6.07, 6.45) is 0. The van der Waals surface area contributed by atoms with Crippen LogP contribution in [0.2, 0.25) is 5.02 Å². The van der Waals surface area contributed by atoms with E-state index in [0.29, 0.717) is 34.3 Å². The van der Waals surface area contributed by atoms with Crippen molar-refractivity contribution in [2.45, 2.75) is 6.54 Å². The summed E-state index contributed by atoms with van der Waals surface area (Å²) in [6, 6.07) is 12.5. The van der Waals surface area contributed by atoms with E-state index in [2.05, 4.69) is 10.5 Å². The first-order chi connectivity index (χ1) is 13.2. The van der Waals surface area contributed by atoms with E-state index in [9.17, 15) is 4.79 Å². The van der Waals surface area contributed by atoms with E-state index in [4.69, 9.17) is 30.3 Å². The van der Waals surface area contributed by atoms with Gasteiger partial charge in [0.15, 0.2) is 17.1 Å². The van der Waals surface area contributed by atoms with Gasteiger partial charge in [0, 0.05) is 17.1 Å². The lowest BCUT2D eigenvalue weighted by Crippen LogP contribution is -2.07. The minimum atomic E-state index is -0.547. The highest BCUT2D eigenvalue weighted by atomic mass is 35.5. The number of anilines is 1. The zero-order valence-electron chi connectivity index (χ0n) is 14.3. The molecule has 0 saturated carbocycles. The minimum Gasteiger partial charge on any atom is -0.465 e. The Kier molecular flexibility index (Phi) is 4.60. The second-order valence-electron chi connectivity index (χ2n) is 5.77. The summed E-state index contributed by atoms with van der Waals surface area (Å²) in [5.41, 5.74) is 2.23. The molecule has 0 atom stereocenters. The SMILES string of the molecule is COC(=O)c1c(-c2ccc(Cl)cc2)noc1NCc1ccc2c(c1)OCO2. The zero-order chi connectivity index (χ0) is 18.8. The van der Waals surface area contributed by atoms with Gasteiger partial charge in [-0.3, -0.25) is 0 Å². The Hall–Kier alpha value is -3.19. The maximum absolute atomic E-state index is 12.3. The molecule has 0 radical (unpaired) electrons. The molecule has 27 heavy (non-hydrogen) atoms. The summed E-state index contributed by atoms with van der Waals surface area (Å²) in [7, 11) is 1.31. The quantitative estimate of drug-likeness (QED) is 0.660. The van der Waals surface area contributed by atoms with Crippen LogP contribution in [0.3, 0.4) is 0 Å². The van der Waals surface area contributed by atoms with Gasteiger partial charge in [0.1, 0.15) is 5.69 Å². The molecule has 8 heteroatoms. The molecule has 0 saturated heterocycles. The first-order valence-corrected chi connectivity index (χ1v) is 8.50. The Balaban J connectivity index is 1.60. The smallest absolute Gasteiger partial charge is 0.345 e. The topological polar surface area (TPSA) is 82.8 Å². The van der Waals surface area contributed by atoms with Crippen molar-refractivity contribution < 1.29 is 23.5 Å². The number of nitrogens with zero attached hydrogens (tertiary/aromatic N) is 1. The van der Waals surface area contributed by atoms with Crippen molar-refractivity contribution in [1.82, 2.24) is 5.16 Å². The molecule has 138 valence electrons. The molecule has 1 aliphatic heterocycles. The number of carbonyl (C=O) groups is 1. The summed E-state index contributed by atoms with van der Waals surface area (Å²) >= 11 is 5.92. The van der Waals surface area contributed by atoms with Crippen LogP contribution in [0.4, 0.5) is 5.88 Å². The molecule has 0 aliphatic carbocycles.